The van der Waals surface area contributed by atoms with Gasteiger partial charge in [0.25, 0.3) is 0 Å². The molecule has 188 valence electrons. The lowest BCUT2D eigenvalue weighted by atomic mass is 10.0. The molecular weight excluding hydrogens is 497 g/mol. The van der Waals surface area contributed by atoms with Crippen LogP contribution in [0.15, 0.2) is 73.8 Å². The van der Waals surface area contributed by atoms with Crippen LogP contribution in [0.2, 0.25) is 0 Å². The Labute approximate surface area is 222 Å². The predicted molar refractivity (Wildman–Crippen MR) is 153 cm³/mol. The van der Waals surface area contributed by atoms with Crippen molar-refractivity contribution in [2.75, 3.05) is 5.32 Å². The monoisotopic (exact) mass is 521 g/mol. The van der Waals surface area contributed by atoms with Gasteiger partial charge in [-0.25, -0.2) is 9.37 Å². The minimum atomic E-state index is -0.372. The zero-order chi connectivity index (χ0) is 26.4. The molecule has 0 fully saturated rings. The van der Waals surface area contributed by atoms with Gasteiger partial charge in [-0.1, -0.05) is 20.1 Å². The Kier molecular flexibility index (Phi) is 5.84. The van der Waals surface area contributed by atoms with E-state index in [1.807, 2.05) is 38.1 Å². The molecule has 0 spiro atoms. The van der Waals surface area contributed by atoms with Crippen molar-refractivity contribution >= 4 is 44.5 Å². The van der Waals surface area contributed by atoms with Gasteiger partial charge in [-0.2, -0.15) is 5.10 Å². The molecule has 6 rings (SSSR count). The number of nitrogens with one attached hydrogen (secondary N) is 3. The maximum absolute atomic E-state index is 15.2. The summed E-state index contributed by atoms with van der Waals surface area (Å²) in [6, 6.07) is 11.1. The van der Waals surface area contributed by atoms with Crippen molar-refractivity contribution in [3.05, 3.63) is 84.5 Å². The Hall–Kier alpha value is -4.63. The van der Waals surface area contributed by atoms with E-state index in [-0.39, 0.29) is 5.82 Å². The Morgan fingerprint density at radius 1 is 1.08 bits per heavy atom. The molecule has 7 nitrogen and oxygen atoms in total. The second-order valence-corrected chi connectivity index (χ2v) is 10.2. The number of halogens is 1. The molecule has 38 heavy (non-hydrogen) atoms. The van der Waals surface area contributed by atoms with E-state index in [9.17, 15) is 0 Å². The third-order valence-electron chi connectivity index (χ3n) is 6.33. The topological polar surface area (TPSA) is 95.2 Å². The fourth-order valence-corrected chi connectivity index (χ4v) is 5.24. The molecule has 9 heteroatoms. The second kappa shape index (κ2) is 9.35. The lowest BCUT2D eigenvalue weighted by molar-refractivity contribution is 0.633. The number of pyridine rings is 2. The van der Waals surface area contributed by atoms with Crippen molar-refractivity contribution in [2.45, 2.75) is 20.3 Å². The minimum Gasteiger partial charge on any atom is -0.358 e. The number of nitrogens with zero attached hydrogens (tertiary/aromatic N) is 4. The number of hydrogen-bond acceptors (Lipinski definition) is 6. The minimum absolute atomic E-state index is 0.372. The molecule has 3 N–H and O–H groups in total. The summed E-state index contributed by atoms with van der Waals surface area (Å²) < 4.78 is 15.2. The molecule has 0 aliphatic rings. The maximum atomic E-state index is 15.2. The second-order valence-electron chi connectivity index (χ2n) is 9.08. The number of fused-ring (bicyclic) bond motifs is 2. The number of aromatic nitrogens is 6. The van der Waals surface area contributed by atoms with Crippen LogP contribution in [0.5, 0.6) is 0 Å². The lowest BCUT2D eigenvalue weighted by Crippen LogP contribution is -1.97. The molecule has 0 bridgehead atoms. The number of imidazole rings is 1. The Balaban J connectivity index is 1.44. The summed E-state index contributed by atoms with van der Waals surface area (Å²) in [6.07, 6.45) is 5.87. The smallest absolute Gasteiger partial charge is 0.159 e. The van der Waals surface area contributed by atoms with E-state index in [0.29, 0.717) is 28.2 Å². The van der Waals surface area contributed by atoms with Gasteiger partial charge in [-0.05, 0) is 49.2 Å². The van der Waals surface area contributed by atoms with Gasteiger partial charge in [0.15, 0.2) is 5.82 Å². The average molecular weight is 522 g/mol. The third-order valence-corrected chi connectivity index (χ3v) is 7.59. The van der Waals surface area contributed by atoms with Crippen LogP contribution >= 0.6 is 11.3 Å². The molecule has 5 aromatic heterocycles. The molecule has 0 aliphatic carbocycles. The normalized spacial score (nSPS) is 11.3. The fourth-order valence-electron chi connectivity index (χ4n) is 4.31. The lowest BCUT2D eigenvalue weighted by Gasteiger charge is -2.10. The van der Waals surface area contributed by atoms with Crippen molar-refractivity contribution in [2.24, 2.45) is 0 Å². The van der Waals surface area contributed by atoms with E-state index in [4.69, 9.17) is 4.98 Å². The molecule has 0 saturated carbocycles. The van der Waals surface area contributed by atoms with Gasteiger partial charge in [0.05, 0.1) is 27.8 Å². The summed E-state index contributed by atoms with van der Waals surface area (Å²) in [6.45, 7) is 12.0. The van der Waals surface area contributed by atoms with E-state index in [2.05, 4.69) is 43.6 Å². The van der Waals surface area contributed by atoms with Crippen molar-refractivity contribution < 1.29 is 4.39 Å². The molecule has 0 saturated heterocycles. The Morgan fingerprint density at radius 2 is 1.95 bits per heavy atom. The van der Waals surface area contributed by atoms with E-state index < -0.39 is 0 Å². The molecular formula is C29H24FN7S. The average Bonchev–Trinajstić information content (AvgIpc) is 3.65. The number of H-pyrrole nitrogens is 2. The molecule has 0 amide bonds. The van der Waals surface area contributed by atoms with Gasteiger partial charge in [0.1, 0.15) is 22.7 Å². The summed E-state index contributed by atoms with van der Waals surface area (Å²) in [5.41, 5.74) is 7.23. The first-order valence-corrected chi connectivity index (χ1v) is 12.9. The number of benzene rings is 1. The predicted octanol–water partition coefficient (Wildman–Crippen LogP) is 7.80. The number of thiophene rings is 1. The van der Waals surface area contributed by atoms with Crippen molar-refractivity contribution in [3.63, 3.8) is 0 Å². The zero-order valence-electron chi connectivity index (χ0n) is 20.9. The quantitative estimate of drug-likeness (QED) is 0.199. The number of hydrogen-bond donors (Lipinski definition) is 3. The van der Waals surface area contributed by atoms with Crippen LogP contribution in [0.1, 0.15) is 25.1 Å². The summed E-state index contributed by atoms with van der Waals surface area (Å²) in [4.78, 5) is 19.3. The van der Waals surface area contributed by atoms with Gasteiger partial charge in [-0.3, -0.25) is 15.1 Å². The highest BCUT2D eigenvalue weighted by Gasteiger charge is 2.19. The van der Waals surface area contributed by atoms with Crippen LogP contribution in [0.4, 0.5) is 10.1 Å². The third kappa shape index (κ3) is 4.16. The largest absolute Gasteiger partial charge is 0.358 e. The van der Waals surface area contributed by atoms with Crippen LogP contribution in [0.25, 0.3) is 60.7 Å². The first-order chi connectivity index (χ1) is 18.4. The van der Waals surface area contributed by atoms with Gasteiger partial charge >= 0.3 is 0 Å². The van der Waals surface area contributed by atoms with Crippen molar-refractivity contribution in [3.8, 4) is 33.2 Å². The molecule has 0 unspecified atom stereocenters. The first kappa shape index (κ1) is 23.7. The van der Waals surface area contributed by atoms with Gasteiger partial charge in [-0.15, -0.1) is 11.3 Å². The highest BCUT2D eigenvalue weighted by Crippen LogP contribution is 2.36. The van der Waals surface area contributed by atoms with Crippen molar-refractivity contribution in [1.82, 2.24) is 30.1 Å². The van der Waals surface area contributed by atoms with Gasteiger partial charge in [0, 0.05) is 45.5 Å². The fraction of sp³-hybridized carbons (Fsp3) is 0.103. The van der Waals surface area contributed by atoms with Gasteiger partial charge in [0.2, 0.25) is 0 Å². The van der Waals surface area contributed by atoms with Gasteiger partial charge < -0.3 is 10.3 Å². The van der Waals surface area contributed by atoms with E-state index in [1.165, 1.54) is 6.07 Å². The SMILES string of the molecule is C=C(CC)Nc1cncc(-c2cc3c(-c4nc5c(-c6ccc(C(=C)C)s6)nccc5[nH]4)n[nH]c3cc2F)c1. The Bertz CT molecular complexity index is 1860. The summed E-state index contributed by atoms with van der Waals surface area (Å²) in [5.74, 6) is 0.200. The number of anilines is 1. The number of aromatic amines is 2. The first-order valence-electron chi connectivity index (χ1n) is 12.1. The van der Waals surface area contributed by atoms with Crippen LogP contribution in [0, 0.1) is 5.82 Å². The maximum Gasteiger partial charge on any atom is 0.159 e. The highest BCUT2D eigenvalue weighted by molar-refractivity contribution is 7.16. The number of rotatable bonds is 7. The molecule has 0 radical (unpaired) electrons. The molecule has 0 aliphatic heterocycles. The van der Waals surface area contributed by atoms with Crippen molar-refractivity contribution in [1.29, 1.82) is 0 Å². The summed E-state index contributed by atoms with van der Waals surface area (Å²) >= 11 is 1.63. The van der Waals surface area contributed by atoms with Crippen LogP contribution < -0.4 is 5.32 Å². The molecule has 0 atom stereocenters. The van der Waals surface area contributed by atoms with Crippen LogP contribution in [-0.4, -0.2) is 30.1 Å². The molecule has 6 aromatic rings. The summed E-state index contributed by atoms with van der Waals surface area (Å²) in [7, 11) is 0. The molecule has 1 aromatic carbocycles. The molecule has 5 heterocycles. The Morgan fingerprint density at radius 3 is 2.74 bits per heavy atom. The standard InChI is InChI=1S/C29H24FN7S/c1-5-16(4)33-18-10-17(13-31-14-18)19-11-20-23(12-21(19)30)36-37-26(20)29-34-22-8-9-32-28(27(22)35-29)25-7-6-24(38-25)15(2)3/h6-14,33H,2,4-5H2,1,3H3,(H,34,35)(H,36,37). The van der Waals surface area contributed by atoms with Crippen LogP contribution in [0.3, 0.4) is 0 Å². The van der Waals surface area contributed by atoms with E-state index in [1.54, 1.807) is 36.0 Å². The van der Waals surface area contributed by atoms with Crippen LogP contribution in [-0.2, 0) is 0 Å². The zero-order valence-corrected chi connectivity index (χ0v) is 21.7. The van der Waals surface area contributed by atoms with E-state index in [0.717, 1.165) is 55.2 Å². The highest BCUT2D eigenvalue weighted by atomic mass is 32.1. The number of allylic oxidation sites excluding steroid dienone is 2. The van der Waals surface area contributed by atoms with E-state index >= 15 is 4.39 Å². The summed E-state index contributed by atoms with van der Waals surface area (Å²) in [5, 5.41) is 11.4.